The van der Waals surface area contributed by atoms with Crippen molar-refractivity contribution in [1.82, 2.24) is 16.0 Å². The Hall–Kier alpha value is -1.34. The second kappa shape index (κ2) is 9.08. The van der Waals surface area contributed by atoms with Gasteiger partial charge in [-0.1, -0.05) is 0 Å². The van der Waals surface area contributed by atoms with Crippen LogP contribution in [0.5, 0.6) is 0 Å². The summed E-state index contributed by atoms with van der Waals surface area (Å²) < 4.78 is 5.48. The van der Waals surface area contributed by atoms with E-state index in [1.165, 1.54) is 0 Å². The fourth-order valence-electron chi connectivity index (χ4n) is 2.53. The van der Waals surface area contributed by atoms with E-state index in [1.807, 2.05) is 27.7 Å². The first-order chi connectivity index (χ1) is 10.8. The lowest BCUT2D eigenvalue weighted by Gasteiger charge is -2.27. The van der Waals surface area contributed by atoms with Crippen molar-refractivity contribution in [2.45, 2.75) is 46.1 Å². The molecule has 0 aliphatic carbocycles. The second-order valence-electron chi connectivity index (χ2n) is 7.12. The summed E-state index contributed by atoms with van der Waals surface area (Å²) in [6.45, 7) is 10.8. The maximum absolute atomic E-state index is 11.9. The summed E-state index contributed by atoms with van der Waals surface area (Å²) in [6.07, 6.45) is 1.62. The molecule has 1 unspecified atom stereocenters. The largest absolute Gasteiger partial charge is 0.396 e. The summed E-state index contributed by atoms with van der Waals surface area (Å²) in [6, 6.07) is 0. The highest BCUT2D eigenvalue weighted by molar-refractivity contribution is 5.85. The number of nitrogens with one attached hydrogen (secondary N) is 3. The topological polar surface area (TPSA) is 95.0 Å². The zero-order valence-electron chi connectivity index (χ0n) is 14.9. The number of aliphatic hydroxyl groups excluding tert-OH is 1. The van der Waals surface area contributed by atoms with Crippen LogP contribution in [0.3, 0.4) is 0 Å². The Kier molecular flexibility index (Phi) is 7.78. The van der Waals surface area contributed by atoms with Crippen LogP contribution < -0.4 is 16.0 Å². The molecular formula is C16H32N4O3. The smallest absolute Gasteiger partial charge is 0.242 e. The van der Waals surface area contributed by atoms with Gasteiger partial charge in [0, 0.05) is 37.3 Å². The zero-order valence-corrected chi connectivity index (χ0v) is 14.9. The first-order valence-corrected chi connectivity index (χ1v) is 8.32. The molecule has 0 bridgehead atoms. The van der Waals surface area contributed by atoms with Gasteiger partial charge in [0.25, 0.3) is 0 Å². The minimum Gasteiger partial charge on any atom is -0.396 e. The molecule has 1 rings (SSSR count). The number of carbonyl (C=O) groups excluding carboxylic acids is 1. The van der Waals surface area contributed by atoms with Crippen molar-refractivity contribution in [1.29, 1.82) is 0 Å². The third kappa shape index (κ3) is 7.65. The number of rotatable bonds is 7. The molecular weight excluding hydrogens is 296 g/mol. The van der Waals surface area contributed by atoms with Crippen LogP contribution in [0.25, 0.3) is 0 Å². The van der Waals surface area contributed by atoms with E-state index in [0.717, 1.165) is 19.6 Å². The lowest BCUT2D eigenvalue weighted by molar-refractivity contribution is -0.121. The molecule has 0 aromatic rings. The fourth-order valence-corrected chi connectivity index (χ4v) is 2.53. The third-order valence-corrected chi connectivity index (χ3v) is 3.70. The van der Waals surface area contributed by atoms with Gasteiger partial charge in [0.1, 0.15) is 6.54 Å². The van der Waals surface area contributed by atoms with Gasteiger partial charge in [0.05, 0.1) is 6.61 Å². The van der Waals surface area contributed by atoms with Gasteiger partial charge in [-0.25, -0.2) is 4.99 Å². The predicted molar refractivity (Wildman–Crippen MR) is 91.4 cm³/mol. The van der Waals surface area contributed by atoms with Gasteiger partial charge in [-0.3, -0.25) is 4.79 Å². The van der Waals surface area contributed by atoms with Gasteiger partial charge in [0.2, 0.25) is 5.91 Å². The van der Waals surface area contributed by atoms with Gasteiger partial charge in [-0.15, -0.1) is 0 Å². The predicted octanol–water partition coefficient (Wildman–Crippen LogP) is 0.245. The number of nitrogens with zero attached hydrogens (tertiary/aromatic N) is 1. The van der Waals surface area contributed by atoms with Crippen LogP contribution in [-0.2, 0) is 9.53 Å². The highest BCUT2D eigenvalue weighted by Gasteiger charge is 2.34. The number of amides is 1. The second-order valence-corrected chi connectivity index (χ2v) is 7.12. The Morgan fingerprint density at radius 2 is 2.09 bits per heavy atom. The molecule has 0 aromatic heterocycles. The Morgan fingerprint density at radius 1 is 1.35 bits per heavy atom. The number of hydrogen-bond donors (Lipinski definition) is 4. The van der Waals surface area contributed by atoms with E-state index in [1.54, 1.807) is 0 Å². The number of aliphatic hydroxyl groups is 1. The maximum atomic E-state index is 11.9. The number of aliphatic imine (C=N–C) groups is 1. The molecule has 0 saturated carbocycles. The molecule has 1 aliphatic rings. The summed E-state index contributed by atoms with van der Waals surface area (Å²) in [7, 11) is 0. The average Bonchev–Trinajstić information content (AvgIpc) is 2.89. The third-order valence-electron chi connectivity index (χ3n) is 3.70. The van der Waals surface area contributed by atoms with Crippen LogP contribution in [0.4, 0.5) is 0 Å². The van der Waals surface area contributed by atoms with E-state index in [-0.39, 0.29) is 30.0 Å². The molecule has 7 heteroatoms. The van der Waals surface area contributed by atoms with Crippen LogP contribution in [0.1, 0.15) is 40.5 Å². The van der Waals surface area contributed by atoms with Gasteiger partial charge in [0.15, 0.2) is 5.96 Å². The summed E-state index contributed by atoms with van der Waals surface area (Å²) in [5, 5.41) is 18.6. The number of ether oxygens (including phenoxy) is 1. The molecule has 134 valence electrons. The average molecular weight is 328 g/mol. The van der Waals surface area contributed by atoms with Crippen molar-refractivity contribution in [3.05, 3.63) is 0 Å². The summed E-state index contributed by atoms with van der Waals surface area (Å²) in [5.41, 5.74) is -0.316. The van der Waals surface area contributed by atoms with E-state index in [0.29, 0.717) is 25.5 Å². The molecule has 0 aromatic carbocycles. The van der Waals surface area contributed by atoms with Gasteiger partial charge >= 0.3 is 0 Å². The lowest BCUT2D eigenvalue weighted by atomic mass is 9.84. The van der Waals surface area contributed by atoms with E-state index < -0.39 is 0 Å². The van der Waals surface area contributed by atoms with Crippen molar-refractivity contribution >= 4 is 11.9 Å². The van der Waals surface area contributed by atoms with E-state index in [2.05, 4.69) is 20.9 Å². The summed E-state index contributed by atoms with van der Waals surface area (Å²) >= 11 is 0. The minimum atomic E-state index is -0.259. The monoisotopic (exact) mass is 328 g/mol. The summed E-state index contributed by atoms with van der Waals surface area (Å²) in [4.78, 5) is 16.2. The minimum absolute atomic E-state index is 0.0569. The first-order valence-electron chi connectivity index (χ1n) is 8.32. The molecule has 4 N–H and O–H groups in total. The molecule has 1 fully saturated rings. The molecule has 1 aliphatic heterocycles. The SMILES string of the molecule is CCNC(=NCC(=O)NC(C)(C)C)NCC1(CCO)CCOC1. The van der Waals surface area contributed by atoms with Crippen molar-refractivity contribution < 1.29 is 14.6 Å². The molecule has 0 spiro atoms. The quantitative estimate of drug-likeness (QED) is 0.397. The molecule has 1 amide bonds. The zero-order chi connectivity index (χ0) is 17.3. The first kappa shape index (κ1) is 19.7. The van der Waals surface area contributed by atoms with Gasteiger partial charge in [-0.05, 0) is 40.5 Å². The molecule has 1 atom stereocenters. The Morgan fingerprint density at radius 3 is 2.61 bits per heavy atom. The van der Waals surface area contributed by atoms with Crippen molar-refractivity contribution in [3.8, 4) is 0 Å². The van der Waals surface area contributed by atoms with Gasteiger partial charge < -0.3 is 25.8 Å². The molecule has 7 nitrogen and oxygen atoms in total. The standard InChI is InChI=1S/C16H32N4O3/c1-5-17-14(18-10-13(22)20-15(2,3)4)19-11-16(6-8-21)7-9-23-12-16/h21H,5-12H2,1-4H3,(H,20,22)(H2,17,18,19). The molecule has 0 radical (unpaired) electrons. The normalized spacial score (nSPS) is 22.0. The van der Waals surface area contributed by atoms with Crippen LogP contribution in [0.2, 0.25) is 0 Å². The number of guanidine groups is 1. The van der Waals surface area contributed by atoms with Crippen molar-refractivity contribution in [2.75, 3.05) is 39.5 Å². The van der Waals surface area contributed by atoms with Crippen molar-refractivity contribution in [3.63, 3.8) is 0 Å². The molecule has 1 heterocycles. The number of hydrogen-bond acceptors (Lipinski definition) is 4. The fraction of sp³-hybridized carbons (Fsp3) is 0.875. The maximum Gasteiger partial charge on any atom is 0.242 e. The van der Waals surface area contributed by atoms with Gasteiger partial charge in [-0.2, -0.15) is 0 Å². The van der Waals surface area contributed by atoms with Crippen LogP contribution in [-0.4, -0.2) is 62.0 Å². The molecule has 23 heavy (non-hydrogen) atoms. The van der Waals surface area contributed by atoms with E-state index >= 15 is 0 Å². The van der Waals surface area contributed by atoms with Crippen LogP contribution in [0.15, 0.2) is 4.99 Å². The van der Waals surface area contributed by atoms with E-state index in [4.69, 9.17) is 4.74 Å². The van der Waals surface area contributed by atoms with E-state index in [9.17, 15) is 9.90 Å². The highest BCUT2D eigenvalue weighted by Crippen LogP contribution is 2.31. The van der Waals surface area contributed by atoms with Crippen molar-refractivity contribution in [2.24, 2.45) is 10.4 Å². The lowest BCUT2D eigenvalue weighted by Crippen LogP contribution is -2.46. The Bertz CT molecular complexity index is 399. The number of carbonyl (C=O) groups is 1. The molecule has 1 saturated heterocycles. The highest BCUT2D eigenvalue weighted by atomic mass is 16.5. The Balaban J connectivity index is 2.56. The van der Waals surface area contributed by atoms with Crippen LogP contribution in [0, 0.1) is 5.41 Å². The Labute approximate surface area is 139 Å². The summed E-state index contributed by atoms with van der Waals surface area (Å²) in [5.74, 6) is 0.504. The van der Waals surface area contributed by atoms with Crippen LogP contribution >= 0.6 is 0 Å².